The number of amides is 3. The average Bonchev–Trinajstić information content (AvgIpc) is 2.82. The highest BCUT2D eigenvalue weighted by Crippen LogP contribution is 2.19. The topological polar surface area (TPSA) is 97.0 Å². The maximum atomic E-state index is 12.3. The summed E-state index contributed by atoms with van der Waals surface area (Å²) < 4.78 is 10.3. The molecule has 0 atom stereocenters. The molecule has 1 saturated heterocycles. The van der Waals surface area contributed by atoms with Crippen LogP contribution in [0.25, 0.3) is 0 Å². The molecule has 31 heavy (non-hydrogen) atoms. The molecule has 3 rings (SSSR count). The quantitative estimate of drug-likeness (QED) is 0.665. The number of ether oxygens (including phenoxy) is 2. The Balaban J connectivity index is 1.34. The summed E-state index contributed by atoms with van der Waals surface area (Å²) in [6, 6.07) is 16.4. The molecule has 0 saturated carbocycles. The molecule has 1 heterocycles. The van der Waals surface area contributed by atoms with Gasteiger partial charge in [-0.05, 0) is 42.7 Å². The van der Waals surface area contributed by atoms with Crippen molar-refractivity contribution in [2.24, 2.45) is 5.92 Å². The smallest absolute Gasteiger partial charge is 0.321 e. The second-order valence-corrected chi connectivity index (χ2v) is 7.29. The fraction of sp³-hybridized carbons (Fsp3) is 0.348. The van der Waals surface area contributed by atoms with Gasteiger partial charge in [-0.1, -0.05) is 30.3 Å². The Bertz CT molecular complexity index is 878. The maximum Gasteiger partial charge on any atom is 0.321 e. The van der Waals surface area contributed by atoms with Crippen LogP contribution in [0.2, 0.25) is 0 Å². The number of esters is 1. The molecule has 8 nitrogen and oxygen atoms in total. The van der Waals surface area contributed by atoms with Gasteiger partial charge in [0.05, 0.1) is 13.0 Å². The van der Waals surface area contributed by atoms with Crippen LogP contribution in [0, 0.1) is 5.92 Å². The first-order valence-corrected chi connectivity index (χ1v) is 10.2. The number of methoxy groups -OCH3 is 1. The van der Waals surface area contributed by atoms with E-state index in [0.29, 0.717) is 32.5 Å². The summed E-state index contributed by atoms with van der Waals surface area (Å²) in [4.78, 5) is 38.2. The van der Waals surface area contributed by atoms with E-state index in [0.717, 1.165) is 17.0 Å². The van der Waals surface area contributed by atoms with Gasteiger partial charge in [0.1, 0.15) is 5.75 Å². The highest BCUT2D eigenvalue weighted by atomic mass is 16.5. The molecule has 2 N–H and O–H groups in total. The second kappa shape index (κ2) is 11.0. The first-order chi connectivity index (χ1) is 15.0. The van der Waals surface area contributed by atoms with E-state index in [-0.39, 0.29) is 24.5 Å². The summed E-state index contributed by atoms with van der Waals surface area (Å²) in [7, 11) is 1.59. The average molecular weight is 425 g/mol. The van der Waals surface area contributed by atoms with Crippen molar-refractivity contribution < 1.29 is 23.9 Å². The van der Waals surface area contributed by atoms with E-state index in [4.69, 9.17) is 9.47 Å². The molecule has 1 aliphatic rings. The Kier molecular flexibility index (Phi) is 7.86. The zero-order valence-electron chi connectivity index (χ0n) is 17.5. The number of nitrogens with one attached hydrogen (secondary N) is 2. The van der Waals surface area contributed by atoms with Crippen molar-refractivity contribution in [2.45, 2.75) is 19.4 Å². The van der Waals surface area contributed by atoms with Crippen LogP contribution in [0.4, 0.5) is 10.5 Å². The lowest BCUT2D eigenvalue weighted by Gasteiger charge is -2.30. The van der Waals surface area contributed by atoms with E-state index in [1.54, 1.807) is 12.0 Å². The highest BCUT2D eigenvalue weighted by molar-refractivity contribution is 5.89. The van der Waals surface area contributed by atoms with Gasteiger partial charge in [0.15, 0.2) is 6.61 Å². The molecule has 3 amide bonds. The van der Waals surface area contributed by atoms with Crippen LogP contribution >= 0.6 is 0 Å². The predicted molar refractivity (Wildman–Crippen MR) is 116 cm³/mol. The van der Waals surface area contributed by atoms with Crippen LogP contribution in [0.1, 0.15) is 18.4 Å². The molecular weight excluding hydrogens is 398 g/mol. The van der Waals surface area contributed by atoms with E-state index in [1.807, 2.05) is 54.6 Å². The number of hydrogen-bond donors (Lipinski definition) is 2. The summed E-state index contributed by atoms with van der Waals surface area (Å²) in [6.07, 6.45) is 1.02. The Morgan fingerprint density at radius 3 is 2.32 bits per heavy atom. The van der Waals surface area contributed by atoms with Gasteiger partial charge in [-0.15, -0.1) is 0 Å². The maximum absolute atomic E-state index is 12.3. The summed E-state index contributed by atoms with van der Waals surface area (Å²) >= 11 is 0. The Morgan fingerprint density at radius 2 is 1.68 bits per heavy atom. The van der Waals surface area contributed by atoms with Crippen LogP contribution in [-0.2, 0) is 20.9 Å². The van der Waals surface area contributed by atoms with Gasteiger partial charge in [-0.3, -0.25) is 9.59 Å². The summed E-state index contributed by atoms with van der Waals surface area (Å²) in [6.45, 7) is 0.948. The number of piperidine rings is 1. The van der Waals surface area contributed by atoms with E-state index >= 15 is 0 Å². The van der Waals surface area contributed by atoms with Crippen LogP contribution < -0.4 is 15.4 Å². The lowest BCUT2D eigenvalue weighted by molar-refractivity contribution is -0.153. The van der Waals surface area contributed by atoms with Gasteiger partial charge in [-0.2, -0.15) is 0 Å². The lowest BCUT2D eigenvalue weighted by Crippen LogP contribution is -2.43. The molecule has 2 aromatic rings. The molecule has 0 aromatic heterocycles. The number of urea groups is 1. The van der Waals surface area contributed by atoms with Gasteiger partial charge in [0.25, 0.3) is 5.91 Å². The number of carbonyl (C=O) groups is 3. The van der Waals surface area contributed by atoms with Crippen LogP contribution in [-0.4, -0.2) is 49.6 Å². The predicted octanol–water partition coefficient (Wildman–Crippen LogP) is 2.80. The minimum Gasteiger partial charge on any atom is -0.497 e. The monoisotopic (exact) mass is 425 g/mol. The molecular formula is C23H27N3O5. The minimum absolute atomic E-state index is 0.184. The number of rotatable bonds is 7. The molecule has 0 radical (unpaired) electrons. The lowest BCUT2D eigenvalue weighted by atomic mass is 9.97. The number of benzene rings is 2. The molecule has 0 aliphatic carbocycles. The zero-order chi connectivity index (χ0) is 22.1. The van der Waals surface area contributed by atoms with Crippen molar-refractivity contribution in [1.29, 1.82) is 0 Å². The largest absolute Gasteiger partial charge is 0.497 e. The van der Waals surface area contributed by atoms with E-state index in [9.17, 15) is 14.4 Å². The fourth-order valence-electron chi connectivity index (χ4n) is 3.29. The van der Waals surface area contributed by atoms with Crippen molar-refractivity contribution in [1.82, 2.24) is 10.2 Å². The number of carbonyl (C=O) groups excluding carboxylic acids is 3. The number of para-hydroxylation sites is 1. The van der Waals surface area contributed by atoms with E-state index in [2.05, 4.69) is 10.6 Å². The molecule has 1 aliphatic heterocycles. The van der Waals surface area contributed by atoms with E-state index in [1.165, 1.54) is 0 Å². The molecule has 0 spiro atoms. The number of hydrogen-bond acceptors (Lipinski definition) is 5. The zero-order valence-corrected chi connectivity index (χ0v) is 17.5. The molecule has 164 valence electrons. The van der Waals surface area contributed by atoms with Gasteiger partial charge in [-0.25, -0.2) is 4.79 Å². The van der Waals surface area contributed by atoms with Gasteiger partial charge >= 0.3 is 12.0 Å². The molecule has 1 fully saturated rings. The van der Waals surface area contributed by atoms with Crippen LogP contribution in [0.5, 0.6) is 5.75 Å². The number of nitrogens with zero attached hydrogens (tertiary/aromatic N) is 1. The first-order valence-electron chi connectivity index (χ1n) is 10.2. The summed E-state index contributed by atoms with van der Waals surface area (Å²) in [5.41, 5.74) is 1.65. The van der Waals surface area contributed by atoms with E-state index < -0.39 is 5.97 Å². The van der Waals surface area contributed by atoms with Crippen molar-refractivity contribution in [3.05, 3.63) is 60.2 Å². The van der Waals surface area contributed by atoms with Crippen molar-refractivity contribution >= 4 is 23.6 Å². The minimum atomic E-state index is -0.400. The normalized spacial score (nSPS) is 13.9. The third-order valence-electron chi connectivity index (χ3n) is 5.13. The van der Waals surface area contributed by atoms with Crippen LogP contribution in [0.3, 0.4) is 0 Å². The Hall–Kier alpha value is -3.55. The Labute approximate surface area is 181 Å². The third kappa shape index (κ3) is 6.74. The molecule has 0 bridgehead atoms. The van der Waals surface area contributed by atoms with Gasteiger partial charge < -0.3 is 25.0 Å². The summed E-state index contributed by atoms with van der Waals surface area (Å²) in [5, 5.41) is 5.56. The fourth-order valence-corrected chi connectivity index (χ4v) is 3.29. The number of anilines is 1. The first kappa shape index (κ1) is 22.1. The second-order valence-electron chi connectivity index (χ2n) is 7.29. The standard InChI is InChI=1S/C23H27N3O5/c1-30-20-9-7-17(8-10-20)15-24-21(27)16-31-22(28)18-11-13-26(14-12-18)23(29)25-19-5-3-2-4-6-19/h2-10,18H,11-16H2,1H3,(H,24,27)(H,25,29). The van der Waals surface area contributed by atoms with Crippen molar-refractivity contribution in [3.63, 3.8) is 0 Å². The van der Waals surface area contributed by atoms with Crippen molar-refractivity contribution in [2.75, 3.05) is 32.1 Å². The molecule has 8 heteroatoms. The molecule has 0 unspecified atom stereocenters. The SMILES string of the molecule is COc1ccc(CNC(=O)COC(=O)C2CCN(C(=O)Nc3ccccc3)CC2)cc1. The third-order valence-corrected chi connectivity index (χ3v) is 5.13. The van der Waals surface area contributed by atoms with Crippen molar-refractivity contribution in [3.8, 4) is 5.75 Å². The van der Waals surface area contributed by atoms with Gasteiger partial charge in [0.2, 0.25) is 0 Å². The van der Waals surface area contributed by atoms with Crippen LogP contribution in [0.15, 0.2) is 54.6 Å². The Morgan fingerprint density at radius 1 is 1.00 bits per heavy atom. The summed E-state index contributed by atoms with van der Waals surface area (Å²) in [5.74, 6) is -0.325. The van der Waals surface area contributed by atoms with Gasteiger partial charge in [0, 0.05) is 25.3 Å². The molecule has 2 aromatic carbocycles. The highest BCUT2D eigenvalue weighted by Gasteiger charge is 2.28. The number of likely N-dealkylation sites (tertiary alicyclic amines) is 1.